The van der Waals surface area contributed by atoms with E-state index in [1.165, 1.54) is 25.3 Å². The van der Waals surface area contributed by atoms with Crippen LogP contribution in [0.5, 0.6) is 5.75 Å². The zero-order valence-corrected chi connectivity index (χ0v) is 18.1. The van der Waals surface area contributed by atoms with Gasteiger partial charge in [-0.15, -0.1) is 0 Å². The van der Waals surface area contributed by atoms with Crippen molar-refractivity contribution >= 4 is 19.7 Å². The monoisotopic (exact) mass is 441 g/mol. The second-order valence-corrected chi connectivity index (χ2v) is 11.7. The van der Waals surface area contributed by atoms with Crippen molar-refractivity contribution in [3.05, 3.63) is 58.9 Å². The zero-order valence-electron chi connectivity index (χ0n) is 16.5. The Morgan fingerprint density at radius 1 is 1.10 bits per heavy atom. The number of aryl methyl sites for hydroxylation is 2. The molecular formula is C20H24FNO5S2. The van der Waals surface area contributed by atoms with Crippen LogP contribution in [0.1, 0.15) is 16.7 Å². The lowest BCUT2D eigenvalue weighted by Gasteiger charge is -2.21. The molecule has 29 heavy (non-hydrogen) atoms. The van der Waals surface area contributed by atoms with Gasteiger partial charge < -0.3 is 10.1 Å². The van der Waals surface area contributed by atoms with E-state index in [0.29, 0.717) is 16.9 Å². The quantitative estimate of drug-likeness (QED) is 0.739. The van der Waals surface area contributed by atoms with Crippen LogP contribution in [0, 0.1) is 19.7 Å². The van der Waals surface area contributed by atoms with E-state index in [1.807, 2.05) is 0 Å². The van der Waals surface area contributed by atoms with Crippen LogP contribution in [0.15, 0.2) is 41.3 Å². The number of rotatable bonds is 6. The molecule has 9 heteroatoms. The van der Waals surface area contributed by atoms with Gasteiger partial charge in [-0.3, -0.25) is 0 Å². The Labute approximate surface area is 170 Å². The van der Waals surface area contributed by atoms with Crippen molar-refractivity contribution in [2.75, 3.05) is 18.6 Å². The lowest BCUT2D eigenvalue weighted by atomic mass is 10.1. The molecule has 3 rings (SSSR count). The average molecular weight is 442 g/mol. The van der Waals surface area contributed by atoms with E-state index in [1.54, 1.807) is 32.0 Å². The molecule has 0 aliphatic carbocycles. The number of halogens is 1. The first-order chi connectivity index (χ1) is 13.5. The second kappa shape index (κ2) is 8.04. The van der Waals surface area contributed by atoms with Crippen LogP contribution < -0.4 is 10.1 Å². The van der Waals surface area contributed by atoms with Crippen molar-refractivity contribution < 1.29 is 26.0 Å². The van der Waals surface area contributed by atoms with E-state index < -0.39 is 36.7 Å². The fraction of sp³-hybridized carbons (Fsp3) is 0.400. The summed E-state index contributed by atoms with van der Waals surface area (Å²) in [7, 11) is -5.91. The van der Waals surface area contributed by atoms with Crippen LogP contribution in [-0.4, -0.2) is 46.7 Å². The second-order valence-electron chi connectivity index (χ2n) is 7.36. The minimum atomic E-state index is -3.91. The number of sulfone groups is 2. The Morgan fingerprint density at radius 2 is 1.76 bits per heavy atom. The van der Waals surface area contributed by atoms with Crippen LogP contribution in [-0.2, 0) is 26.2 Å². The van der Waals surface area contributed by atoms with Gasteiger partial charge in [-0.2, -0.15) is 0 Å². The summed E-state index contributed by atoms with van der Waals surface area (Å²) in [6.07, 6.45) is 0. The molecule has 2 atom stereocenters. The SMILES string of the molecule is COc1cc(C)c(S(=O)(=O)[C@H]2CS(=O)(=O)C[C@@H]2NCc2ccc(F)cc2)cc1C. The van der Waals surface area contributed by atoms with Gasteiger partial charge in [0.05, 0.1) is 28.8 Å². The van der Waals surface area contributed by atoms with Gasteiger partial charge in [0, 0.05) is 12.6 Å². The molecule has 1 heterocycles. The summed E-state index contributed by atoms with van der Waals surface area (Å²) in [6, 6.07) is 8.19. The molecule has 1 N–H and O–H groups in total. The van der Waals surface area contributed by atoms with Crippen molar-refractivity contribution in [1.82, 2.24) is 5.32 Å². The van der Waals surface area contributed by atoms with Gasteiger partial charge in [0.1, 0.15) is 11.6 Å². The Bertz CT molecular complexity index is 1110. The van der Waals surface area contributed by atoms with Gasteiger partial charge in [-0.25, -0.2) is 21.2 Å². The maximum absolute atomic E-state index is 13.4. The molecule has 0 saturated carbocycles. The Hall–Kier alpha value is -1.97. The summed E-state index contributed by atoms with van der Waals surface area (Å²) in [5.74, 6) is -0.484. The smallest absolute Gasteiger partial charge is 0.184 e. The Balaban J connectivity index is 1.91. The minimum Gasteiger partial charge on any atom is -0.496 e. The number of methoxy groups -OCH3 is 1. The van der Waals surface area contributed by atoms with Crippen molar-refractivity contribution in [2.24, 2.45) is 0 Å². The van der Waals surface area contributed by atoms with E-state index in [0.717, 1.165) is 5.56 Å². The maximum atomic E-state index is 13.4. The van der Waals surface area contributed by atoms with Crippen molar-refractivity contribution in [3.8, 4) is 5.75 Å². The Morgan fingerprint density at radius 3 is 2.38 bits per heavy atom. The predicted octanol–water partition coefficient (Wildman–Crippen LogP) is 2.18. The summed E-state index contributed by atoms with van der Waals surface area (Å²) in [6.45, 7) is 3.65. The predicted molar refractivity (Wildman–Crippen MR) is 109 cm³/mol. The van der Waals surface area contributed by atoms with E-state index in [-0.39, 0.29) is 23.0 Å². The molecule has 0 spiro atoms. The van der Waals surface area contributed by atoms with E-state index in [9.17, 15) is 21.2 Å². The summed E-state index contributed by atoms with van der Waals surface area (Å²) in [4.78, 5) is 0.117. The molecule has 0 aromatic heterocycles. The molecule has 0 amide bonds. The number of benzene rings is 2. The molecule has 6 nitrogen and oxygen atoms in total. The molecule has 1 fully saturated rings. The molecular weight excluding hydrogens is 417 g/mol. The number of hydrogen-bond acceptors (Lipinski definition) is 6. The van der Waals surface area contributed by atoms with E-state index in [4.69, 9.17) is 4.74 Å². The number of nitrogens with one attached hydrogen (secondary N) is 1. The van der Waals surface area contributed by atoms with Gasteiger partial charge in [-0.1, -0.05) is 12.1 Å². The van der Waals surface area contributed by atoms with Crippen LogP contribution >= 0.6 is 0 Å². The standard InChI is InChI=1S/C20H24FNO5S2/c1-13-9-19(14(2)8-18(13)27-3)29(25,26)20-12-28(23,24)11-17(20)22-10-15-4-6-16(21)7-5-15/h4-9,17,20,22H,10-12H2,1-3H3/t17-,20-/m0/s1. The fourth-order valence-electron chi connectivity index (χ4n) is 3.62. The molecule has 1 aliphatic rings. The van der Waals surface area contributed by atoms with Crippen LogP contribution in [0.25, 0.3) is 0 Å². The van der Waals surface area contributed by atoms with E-state index >= 15 is 0 Å². The zero-order chi connectivity index (χ0) is 21.4. The van der Waals surface area contributed by atoms with Crippen LogP contribution in [0.3, 0.4) is 0 Å². The topological polar surface area (TPSA) is 89.5 Å². The van der Waals surface area contributed by atoms with Gasteiger partial charge in [0.25, 0.3) is 0 Å². The third-order valence-corrected chi connectivity index (χ3v) is 9.47. The number of hydrogen-bond donors (Lipinski definition) is 1. The summed E-state index contributed by atoms with van der Waals surface area (Å²) < 4.78 is 69.6. The first kappa shape index (κ1) is 21.7. The average Bonchev–Trinajstić information content (AvgIpc) is 2.98. The highest BCUT2D eigenvalue weighted by molar-refractivity contribution is 7.96. The van der Waals surface area contributed by atoms with Crippen molar-refractivity contribution in [3.63, 3.8) is 0 Å². The summed E-state index contributed by atoms with van der Waals surface area (Å²) in [5.41, 5.74) is 1.91. The van der Waals surface area contributed by atoms with Gasteiger partial charge in [0.2, 0.25) is 0 Å². The summed E-state index contributed by atoms with van der Waals surface area (Å²) in [5, 5.41) is 1.95. The maximum Gasteiger partial charge on any atom is 0.184 e. The fourth-order valence-corrected chi connectivity index (χ4v) is 8.64. The lowest BCUT2D eigenvalue weighted by molar-refractivity contribution is 0.411. The van der Waals surface area contributed by atoms with Crippen molar-refractivity contribution in [1.29, 1.82) is 0 Å². The molecule has 2 aromatic rings. The van der Waals surface area contributed by atoms with E-state index in [2.05, 4.69) is 5.32 Å². The highest BCUT2D eigenvalue weighted by Crippen LogP contribution is 2.31. The first-order valence-electron chi connectivity index (χ1n) is 9.11. The van der Waals surface area contributed by atoms with Gasteiger partial charge in [-0.05, 0) is 54.8 Å². The van der Waals surface area contributed by atoms with Gasteiger partial charge in [0.15, 0.2) is 19.7 Å². The summed E-state index contributed by atoms with van der Waals surface area (Å²) >= 11 is 0. The Kier molecular flexibility index (Phi) is 6.03. The molecule has 1 saturated heterocycles. The molecule has 2 aromatic carbocycles. The van der Waals surface area contributed by atoms with Gasteiger partial charge >= 0.3 is 0 Å². The largest absolute Gasteiger partial charge is 0.496 e. The molecule has 0 radical (unpaired) electrons. The van der Waals surface area contributed by atoms with Crippen LogP contribution in [0.4, 0.5) is 4.39 Å². The molecule has 1 aliphatic heterocycles. The third-order valence-electron chi connectivity index (χ3n) is 5.18. The normalized spacial score (nSPS) is 21.2. The molecule has 0 unspecified atom stereocenters. The van der Waals surface area contributed by atoms with Crippen molar-refractivity contribution in [2.45, 2.75) is 36.6 Å². The third kappa shape index (κ3) is 4.62. The highest BCUT2D eigenvalue weighted by atomic mass is 32.2. The molecule has 158 valence electrons. The molecule has 0 bridgehead atoms. The van der Waals surface area contributed by atoms with Crippen LogP contribution in [0.2, 0.25) is 0 Å². The highest BCUT2D eigenvalue weighted by Gasteiger charge is 2.46. The number of ether oxygens (including phenoxy) is 1. The lowest BCUT2D eigenvalue weighted by Crippen LogP contribution is -2.43. The first-order valence-corrected chi connectivity index (χ1v) is 12.5. The minimum absolute atomic E-state index is 0.117.